The Kier molecular flexibility index (Phi) is 10.00. The highest BCUT2D eigenvalue weighted by Crippen LogP contribution is 2.29. The van der Waals surface area contributed by atoms with Crippen molar-refractivity contribution in [2.75, 3.05) is 10.8 Å². The second kappa shape index (κ2) is 13.3. The molecule has 10 heteroatoms. The van der Waals surface area contributed by atoms with Gasteiger partial charge in [0.1, 0.15) is 12.6 Å². The number of sulfonamides is 1. The van der Waals surface area contributed by atoms with E-state index in [1.807, 2.05) is 19.1 Å². The lowest BCUT2D eigenvalue weighted by Gasteiger charge is -2.33. The van der Waals surface area contributed by atoms with Gasteiger partial charge in [0.15, 0.2) is 0 Å². The van der Waals surface area contributed by atoms with Crippen LogP contribution in [0.4, 0.5) is 5.69 Å². The highest BCUT2D eigenvalue weighted by atomic mass is 35.5. The molecule has 0 saturated heterocycles. The molecule has 0 aromatic heterocycles. The molecule has 0 radical (unpaired) electrons. The summed E-state index contributed by atoms with van der Waals surface area (Å²) in [7, 11) is -4.13. The predicted molar refractivity (Wildman–Crippen MR) is 164 cm³/mol. The number of rotatable bonds is 10. The predicted octanol–water partition coefficient (Wildman–Crippen LogP) is 6.28. The van der Waals surface area contributed by atoms with Crippen LogP contribution in [0.15, 0.2) is 71.6 Å². The van der Waals surface area contributed by atoms with Crippen molar-refractivity contribution in [1.29, 1.82) is 0 Å². The number of hydrogen-bond acceptors (Lipinski definition) is 4. The second-order valence-electron chi connectivity index (χ2n) is 10.5. The standard InChI is InChI=1S/C31H35Cl2N3O4S/c1-21-13-14-22(2)29(17-21)36(41(39,40)27-11-5-4-6-12-27)20-30(37)35(19-24-15-16-25(32)18-28(24)33)23(3)31(38)34-26-9-7-8-10-26/h4-6,11-18,23,26H,7-10,19-20H2,1-3H3,(H,34,38). The first kappa shape index (κ1) is 30.9. The van der Waals surface area contributed by atoms with Gasteiger partial charge in [-0.25, -0.2) is 8.42 Å². The fourth-order valence-electron chi connectivity index (χ4n) is 5.03. The molecule has 1 unspecified atom stereocenters. The quantitative estimate of drug-likeness (QED) is 0.291. The summed E-state index contributed by atoms with van der Waals surface area (Å²) in [5.41, 5.74) is 2.53. The molecule has 1 fully saturated rings. The molecule has 2 amide bonds. The summed E-state index contributed by atoms with van der Waals surface area (Å²) in [6, 6.07) is 17.6. The Bertz CT molecular complexity index is 1510. The summed E-state index contributed by atoms with van der Waals surface area (Å²) < 4.78 is 29.1. The van der Waals surface area contributed by atoms with E-state index in [1.54, 1.807) is 56.3 Å². The summed E-state index contributed by atoms with van der Waals surface area (Å²) in [6.07, 6.45) is 3.88. The first-order chi connectivity index (χ1) is 19.5. The monoisotopic (exact) mass is 615 g/mol. The third-order valence-electron chi connectivity index (χ3n) is 7.47. The van der Waals surface area contributed by atoms with Crippen molar-refractivity contribution in [1.82, 2.24) is 10.2 Å². The lowest BCUT2D eigenvalue weighted by atomic mass is 10.1. The smallest absolute Gasteiger partial charge is 0.264 e. The van der Waals surface area contributed by atoms with Gasteiger partial charge < -0.3 is 10.2 Å². The van der Waals surface area contributed by atoms with Crippen molar-refractivity contribution < 1.29 is 18.0 Å². The van der Waals surface area contributed by atoms with E-state index < -0.39 is 28.5 Å². The zero-order chi connectivity index (χ0) is 29.7. The molecule has 1 aliphatic rings. The molecule has 0 bridgehead atoms. The molecule has 1 atom stereocenters. The Morgan fingerprint density at radius 1 is 0.976 bits per heavy atom. The molecule has 4 rings (SSSR count). The zero-order valence-corrected chi connectivity index (χ0v) is 25.8. The lowest BCUT2D eigenvalue weighted by Crippen LogP contribution is -2.52. The van der Waals surface area contributed by atoms with Crippen molar-refractivity contribution in [2.45, 2.75) is 70.0 Å². The van der Waals surface area contributed by atoms with Crippen molar-refractivity contribution >= 4 is 50.7 Å². The van der Waals surface area contributed by atoms with E-state index in [1.165, 1.54) is 17.0 Å². The summed E-state index contributed by atoms with van der Waals surface area (Å²) in [5, 5.41) is 3.85. The maximum Gasteiger partial charge on any atom is 0.264 e. The number of nitrogens with zero attached hydrogens (tertiary/aromatic N) is 2. The third-order valence-corrected chi connectivity index (χ3v) is 9.83. The topological polar surface area (TPSA) is 86.8 Å². The van der Waals surface area contributed by atoms with E-state index in [0.717, 1.165) is 35.6 Å². The maximum absolute atomic E-state index is 14.1. The molecule has 7 nitrogen and oxygen atoms in total. The van der Waals surface area contributed by atoms with Crippen LogP contribution in [-0.4, -0.2) is 43.8 Å². The second-order valence-corrected chi connectivity index (χ2v) is 13.2. The highest BCUT2D eigenvalue weighted by Gasteiger charge is 2.34. The third kappa shape index (κ3) is 7.42. The average Bonchev–Trinajstić information content (AvgIpc) is 3.45. The average molecular weight is 617 g/mol. The van der Waals surface area contributed by atoms with Gasteiger partial charge in [0, 0.05) is 22.6 Å². The maximum atomic E-state index is 14.1. The zero-order valence-electron chi connectivity index (χ0n) is 23.4. The van der Waals surface area contributed by atoms with Gasteiger partial charge in [-0.15, -0.1) is 0 Å². The number of aryl methyl sites for hydroxylation is 2. The van der Waals surface area contributed by atoms with Crippen molar-refractivity contribution in [3.63, 3.8) is 0 Å². The van der Waals surface area contributed by atoms with E-state index in [-0.39, 0.29) is 23.4 Å². The van der Waals surface area contributed by atoms with E-state index in [2.05, 4.69) is 5.32 Å². The van der Waals surface area contributed by atoms with Gasteiger partial charge in [-0.2, -0.15) is 0 Å². The minimum atomic E-state index is -4.13. The largest absolute Gasteiger partial charge is 0.352 e. The molecule has 1 N–H and O–H groups in total. The van der Waals surface area contributed by atoms with Crippen LogP contribution in [0.3, 0.4) is 0 Å². The van der Waals surface area contributed by atoms with Gasteiger partial charge in [0.25, 0.3) is 10.0 Å². The molecule has 3 aromatic carbocycles. The van der Waals surface area contributed by atoms with Crippen LogP contribution < -0.4 is 9.62 Å². The van der Waals surface area contributed by atoms with Crippen LogP contribution >= 0.6 is 23.2 Å². The molecule has 1 saturated carbocycles. The number of amides is 2. The number of halogens is 2. The van der Waals surface area contributed by atoms with E-state index in [4.69, 9.17) is 23.2 Å². The Balaban J connectivity index is 1.73. The number of benzene rings is 3. The molecule has 3 aromatic rings. The lowest BCUT2D eigenvalue weighted by molar-refractivity contribution is -0.139. The first-order valence-corrected chi connectivity index (χ1v) is 15.9. The number of hydrogen-bond donors (Lipinski definition) is 1. The molecule has 0 aliphatic heterocycles. The number of carbonyl (C=O) groups excluding carboxylic acids is 2. The fraction of sp³-hybridized carbons (Fsp3) is 0.355. The first-order valence-electron chi connectivity index (χ1n) is 13.7. The minimum absolute atomic E-state index is 0.000112. The Morgan fingerprint density at radius 2 is 1.66 bits per heavy atom. The van der Waals surface area contributed by atoms with Crippen LogP contribution in [0.1, 0.15) is 49.3 Å². The van der Waals surface area contributed by atoms with E-state index in [9.17, 15) is 18.0 Å². The number of anilines is 1. The minimum Gasteiger partial charge on any atom is -0.352 e. The molecule has 0 heterocycles. The summed E-state index contributed by atoms with van der Waals surface area (Å²) in [5.74, 6) is -0.829. The van der Waals surface area contributed by atoms with Crippen LogP contribution in [0, 0.1) is 13.8 Å². The summed E-state index contributed by atoms with van der Waals surface area (Å²) in [6.45, 7) is 4.81. The molecule has 1 aliphatic carbocycles. The summed E-state index contributed by atoms with van der Waals surface area (Å²) in [4.78, 5) is 28.9. The van der Waals surface area contributed by atoms with Crippen LogP contribution in [-0.2, 0) is 26.2 Å². The van der Waals surface area contributed by atoms with Crippen molar-refractivity contribution in [3.8, 4) is 0 Å². The molecule has 41 heavy (non-hydrogen) atoms. The van der Waals surface area contributed by atoms with Gasteiger partial charge in [-0.1, -0.05) is 72.4 Å². The van der Waals surface area contributed by atoms with Crippen LogP contribution in [0.25, 0.3) is 0 Å². The molecular weight excluding hydrogens is 581 g/mol. The van der Waals surface area contributed by atoms with Crippen LogP contribution in [0.5, 0.6) is 0 Å². The van der Waals surface area contributed by atoms with Crippen molar-refractivity contribution in [2.24, 2.45) is 0 Å². The fourth-order valence-corrected chi connectivity index (χ4v) is 6.99. The van der Waals surface area contributed by atoms with E-state index >= 15 is 0 Å². The summed E-state index contributed by atoms with van der Waals surface area (Å²) >= 11 is 12.6. The Labute approximate surface area is 252 Å². The number of nitrogens with one attached hydrogen (secondary N) is 1. The van der Waals surface area contributed by atoms with Gasteiger partial charge in [-0.3, -0.25) is 13.9 Å². The molecule has 218 valence electrons. The SMILES string of the molecule is Cc1ccc(C)c(N(CC(=O)N(Cc2ccc(Cl)cc2Cl)C(C)C(=O)NC2CCCC2)S(=O)(=O)c2ccccc2)c1. The molecular formula is C31H35Cl2N3O4S. The van der Waals surface area contributed by atoms with Gasteiger partial charge >= 0.3 is 0 Å². The van der Waals surface area contributed by atoms with Crippen molar-refractivity contribution in [3.05, 3.63) is 93.5 Å². The Morgan fingerprint density at radius 3 is 2.32 bits per heavy atom. The Hall–Kier alpha value is -3.07. The van der Waals surface area contributed by atoms with Gasteiger partial charge in [0.2, 0.25) is 11.8 Å². The van der Waals surface area contributed by atoms with Gasteiger partial charge in [-0.05, 0) is 80.6 Å². The normalized spacial score (nSPS) is 14.5. The van der Waals surface area contributed by atoms with Crippen LogP contribution in [0.2, 0.25) is 10.0 Å². The van der Waals surface area contributed by atoms with E-state index in [0.29, 0.717) is 26.9 Å². The van der Waals surface area contributed by atoms with Gasteiger partial charge in [0.05, 0.1) is 10.6 Å². The molecule has 0 spiro atoms. The number of carbonyl (C=O) groups is 2. The highest BCUT2D eigenvalue weighted by molar-refractivity contribution is 7.92.